The van der Waals surface area contributed by atoms with E-state index >= 15 is 0 Å². The van der Waals surface area contributed by atoms with Gasteiger partial charge < -0.3 is 5.73 Å². The third-order valence-electron chi connectivity index (χ3n) is 4.09. The first-order chi connectivity index (χ1) is 8.20. The van der Waals surface area contributed by atoms with E-state index in [1.807, 2.05) is 12.1 Å². The summed E-state index contributed by atoms with van der Waals surface area (Å²) in [6, 6.07) is 8.86. The number of nitrogens with two attached hydrogens (primary N) is 1. The summed E-state index contributed by atoms with van der Waals surface area (Å²) in [7, 11) is 0. The Morgan fingerprint density at radius 2 is 2.06 bits per heavy atom. The van der Waals surface area contributed by atoms with Gasteiger partial charge >= 0.3 is 0 Å². The van der Waals surface area contributed by atoms with Crippen LogP contribution in [0.2, 0.25) is 0 Å². The largest absolute Gasteiger partial charge is 0.399 e. The molecule has 0 bridgehead atoms. The molecule has 94 valence electrons. The molecule has 1 saturated heterocycles. The summed E-state index contributed by atoms with van der Waals surface area (Å²) in [4.78, 5) is 2.61. The van der Waals surface area contributed by atoms with Gasteiger partial charge in [-0.3, -0.25) is 4.90 Å². The molecule has 1 fully saturated rings. The zero-order valence-electron chi connectivity index (χ0n) is 11.0. The molecule has 0 aromatic heterocycles. The minimum Gasteiger partial charge on any atom is -0.399 e. The highest BCUT2D eigenvalue weighted by atomic mass is 15.2. The molecule has 1 aromatic carbocycles. The van der Waals surface area contributed by atoms with Crippen molar-refractivity contribution >= 4 is 5.69 Å². The van der Waals surface area contributed by atoms with Crippen molar-refractivity contribution in [2.75, 3.05) is 18.8 Å². The van der Waals surface area contributed by atoms with Gasteiger partial charge in [0, 0.05) is 18.3 Å². The number of benzene rings is 1. The summed E-state index contributed by atoms with van der Waals surface area (Å²) in [6.45, 7) is 7.11. The van der Waals surface area contributed by atoms with Crippen LogP contribution >= 0.6 is 0 Å². The van der Waals surface area contributed by atoms with E-state index in [1.165, 1.54) is 37.9 Å². The van der Waals surface area contributed by atoms with Gasteiger partial charge in [-0.05, 0) is 49.9 Å². The Labute approximate surface area is 105 Å². The fraction of sp³-hybridized carbons (Fsp3) is 0.600. The van der Waals surface area contributed by atoms with E-state index in [0.29, 0.717) is 6.04 Å². The molecule has 2 unspecified atom stereocenters. The van der Waals surface area contributed by atoms with Crippen LogP contribution in [0, 0.1) is 5.92 Å². The molecule has 1 aromatic rings. The maximum absolute atomic E-state index is 5.74. The number of nitrogens with zero attached hydrogens (tertiary/aromatic N) is 1. The standard InChI is InChI=1S/C15H24N2/c1-3-13-5-4-10-17(11-13)12(2)14-6-8-15(16)9-7-14/h6-9,12-13H,3-5,10-11,16H2,1-2H3. The number of piperidine rings is 1. The van der Waals surface area contributed by atoms with E-state index in [2.05, 4.69) is 30.9 Å². The average molecular weight is 232 g/mol. The third-order valence-corrected chi connectivity index (χ3v) is 4.09. The van der Waals surface area contributed by atoms with Gasteiger partial charge in [-0.25, -0.2) is 0 Å². The Hall–Kier alpha value is -1.02. The zero-order chi connectivity index (χ0) is 12.3. The second kappa shape index (κ2) is 5.54. The van der Waals surface area contributed by atoms with Crippen LogP contribution in [-0.2, 0) is 0 Å². The summed E-state index contributed by atoms with van der Waals surface area (Å²) in [6.07, 6.45) is 4.06. The normalized spacial score (nSPS) is 23.5. The van der Waals surface area contributed by atoms with E-state index in [9.17, 15) is 0 Å². The highest BCUT2D eigenvalue weighted by molar-refractivity contribution is 5.40. The zero-order valence-corrected chi connectivity index (χ0v) is 11.0. The molecule has 0 saturated carbocycles. The van der Waals surface area contributed by atoms with Crippen LogP contribution in [0.15, 0.2) is 24.3 Å². The maximum Gasteiger partial charge on any atom is 0.0320 e. The van der Waals surface area contributed by atoms with Gasteiger partial charge in [0.1, 0.15) is 0 Å². The fourth-order valence-electron chi connectivity index (χ4n) is 2.77. The molecule has 0 radical (unpaired) electrons. The van der Waals surface area contributed by atoms with Gasteiger partial charge in [-0.2, -0.15) is 0 Å². The van der Waals surface area contributed by atoms with E-state index in [1.54, 1.807) is 0 Å². The lowest BCUT2D eigenvalue weighted by molar-refractivity contribution is 0.129. The fourth-order valence-corrected chi connectivity index (χ4v) is 2.77. The molecule has 17 heavy (non-hydrogen) atoms. The SMILES string of the molecule is CCC1CCCN(C(C)c2ccc(N)cc2)C1. The molecule has 1 aliphatic rings. The first kappa shape index (κ1) is 12.4. The van der Waals surface area contributed by atoms with Gasteiger partial charge in [0.25, 0.3) is 0 Å². The number of anilines is 1. The molecule has 0 amide bonds. The molecule has 0 spiro atoms. The second-order valence-electron chi connectivity index (χ2n) is 5.25. The Morgan fingerprint density at radius 1 is 1.35 bits per heavy atom. The Balaban J connectivity index is 2.03. The number of nitrogen functional groups attached to an aromatic ring is 1. The minimum absolute atomic E-state index is 0.518. The molecule has 1 aliphatic heterocycles. The van der Waals surface area contributed by atoms with Crippen LogP contribution in [0.1, 0.15) is 44.7 Å². The van der Waals surface area contributed by atoms with Crippen molar-refractivity contribution < 1.29 is 0 Å². The Bertz CT molecular complexity index is 344. The molecule has 2 nitrogen and oxygen atoms in total. The van der Waals surface area contributed by atoms with Crippen molar-refractivity contribution in [1.29, 1.82) is 0 Å². The molecular weight excluding hydrogens is 208 g/mol. The van der Waals surface area contributed by atoms with Crippen molar-refractivity contribution in [2.24, 2.45) is 5.92 Å². The second-order valence-corrected chi connectivity index (χ2v) is 5.25. The quantitative estimate of drug-likeness (QED) is 0.809. The van der Waals surface area contributed by atoms with E-state index in [-0.39, 0.29) is 0 Å². The van der Waals surface area contributed by atoms with E-state index in [0.717, 1.165) is 11.6 Å². The lowest BCUT2D eigenvalue weighted by Gasteiger charge is -2.36. The van der Waals surface area contributed by atoms with Crippen LogP contribution in [0.5, 0.6) is 0 Å². The summed E-state index contributed by atoms with van der Waals surface area (Å²) in [5.41, 5.74) is 7.97. The first-order valence-electron chi connectivity index (χ1n) is 6.80. The van der Waals surface area contributed by atoms with Crippen molar-refractivity contribution in [3.05, 3.63) is 29.8 Å². The summed E-state index contributed by atoms with van der Waals surface area (Å²) in [5.74, 6) is 0.889. The van der Waals surface area contributed by atoms with Gasteiger partial charge in [-0.15, -0.1) is 0 Å². The number of likely N-dealkylation sites (tertiary alicyclic amines) is 1. The topological polar surface area (TPSA) is 29.3 Å². The van der Waals surface area contributed by atoms with Gasteiger partial charge in [0.05, 0.1) is 0 Å². The van der Waals surface area contributed by atoms with Crippen LogP contribution in [0.25, 0.3) is 0 Å². The lowest BCUT2D eigenvalue weighted by atomic mass is 9.93. The van der Waals surface area contributed by atoms with Crippen LogP contribution < -0.4 is 5.73 Å². The van der Waals surface area contributed by atoms with Crippen LogP contribution in [-0.4, -0.2) is 18.0 Å². The Morgan fingerprint density at radius 3 is 2.71 bits per heavy atom. The van der Waals surface area contributed by atoms with Gasteiger partial charge in [0.15, 0.2) is 0 Å². The van der Waals surface area contributed by atoms with Crippen LogP contribution in [0.4, 0.5) is 5.69 Å². The number of rotatable bonds is 3. The van der Waals surface area contributed by atoms with E-state index < -0.39 is 0 Å². The molecule has 2 N–H and O–H groups in total. The predicted molar refractivity (Wildman–Crippen MR) is 73.9 cm³/mol. The molecule has 2 heteroatoms. The van der Waals surface area contributed by atoms with Gasteiger partial charge in [-0.1, -0.05) is 25.5 Å². The number of hydrogen-bond donors (Lipinski definition) is 1. The summed E-state index contributed by atoms with van der Waals surface area (Å²) < 4.78 is 0. The molecule has 2 atom stereocenters. The summed E-state index contributed by atoms with van der Waals surface area (Å²) in [5, 5.41) is 0. The van der Waals surface area contributed by atoms with Crippen molar-refractivity contribution in [3.63, 3.8) is 0 Å². The average Bonchev–Trinajstić information content (AvgIpc) is 2.39. The van der Waals surface area contributed by atoms with Crippen molar-refractivity contribution in [3.8, 4) is 0 Å². The van der Waals surface area contributed by atoms with Crippen molar-refractivity contribution in [1.82, 2.24) is 4.90 Å². The highest BCUT2D eigenvalue weighted by Gasteiger charge is 2.23. The minimum atomic E-state index is 0.518. The Kier molecular flexibility index (Phi) is 4.06. The highest BCUT2D eigenvalue weighted by Crippen LogP contribution is 2.28. The van der Waals surface area contributed by atoms with E-state index in [4.69, 9.17) is 5.73 Å². The smallest absolute Gasteiger partial charge is 0.0320 e. The maximum atomic E-state index is 5.74. The van der Waals surface area contributed by atoms with Crippen molar-refractivity contribution in [2.45, 2.75) is 39.2 Å². The predicted octanol–water partition coefficient (Wildman–Crippen LogP) is 3.45. The lowest BCUT2D eigenvalue weighted by Crippen LogP contribution is -2.37. The van der Waals surface area contributed by atoms with Gasteiger partial charge in [0.2, 0.25) is 0 Å². The third kappa shape index (κ3) is 3.01. The first-order valence-corrected chi connectivity index (χ1v) is 6.80. The number of hydrogen-bond acceptors (Lipinski definition) is 2. The molecule has 0 aliphatic carbocycles. The molecular formula is C15H24N2. The van der Waals surface area contributed by atoms with Crippen LogP contribution in [0.3, 0.4) is 0 Å². The monoisotopic (exact) mass is 232 g/mol. The summed E-state index contributed by atoms with van der Waals surface area (Å²) >= 11 is 0. The molecule has 2 rings (SSSR count). The molecule has 1 heterocycles.